The Balaban J connectivity index is 2.13. The lowest BCUT2D eigenvalue weighted by Gasteiger charge is -2.25. The second kappa shape index (κ2) is 11.3. The van der Waals surface area contributed by atoms with Crippen LogP contribution in [0.2, 0.25) is 5.02 Å². The van der Waals surface area contributed by atoms with Gasteiger partial charge in [0.25, 0.3) is 11.7 Å². The first-order chi connectivity index (χ1) is 16.4. The van der Waals surface area contributed by atoms with Crippen LogP contribution < -0.4 is 14.2 Å². The molecule has 0 aliphatic carbocycles. The van der Waals surface area contributed by atoms with Gasteiger partial charge in [-0.25, -0.2) is 0 Å². The van der Waals surface area contributed by atoms with Gasteiger partial charge in [0.1, 0.15) is 23.0 Å². The molecule has 3 rings (SSSR count). The number of carbonyl (C=O) groups excluding carboxylic acids is 2. The van der Waals surface area contributed by atoms with Gasteiger partial charge in [-0.2, -0.15) is 0 Å². The van der Waals surface area contributed by atoms with Crippen molar-refractivity contribution in [2.75, 3.05) is 27.4 Å². The Morgan fingerprint density at radius 3 is 2.29 bits per heavy atom. The van der Waals surface area contributed by atoms with E-state index in [1.54, 1.807) is 0 Å². The number of ketones is 1. The summed E-state index contributed by atoms with van der Waals surface area (Å²) in [5.74, 6) is -0.502. The zero-order valence-corrected chi connectivity index (χ0v) is 20.6. The normalized spacial score (nSPS) is 17.2. The Bertz CT molecular complexity index is 1080. The van der Waals surface area contributed by atoms with Crippen LogP contribution in [0.4, 0.5) is 0 Å². The average Bonchev–Trinajstić information content (AvgIpc) is 3.09. The molecule has 1 atom stereocenters. The Hall–Kier alpha value is -3.19. The van der Waals surface area contributed by atoms with Gasteiger partial charge in [0, 0.05) is 12.6 Å². The van der Waals surface area contributed by atoms with Gasteiger partial charge in [-0.15, -0.1) is 0 Å². The van der Waals surface area contributed by atoms with Crippen LogP contribution in [0.3, 0.4) is 0 Å². The summed E-state index contributed by atoms with van der Waals surface area (Å²) in [6.45, 7) is 4.99. The van der Waals surface area contributed by atoms with E-state index in [0.29, 0.717) is 36.6 Å². The number of carbonyl (C=O) groups is 2. The molecule has 0 aromatic heterocycles. The second-order valence-electron chi connectivity index (χ2n) is 7.95. The van der Waals surface area contributed by atoms with E-state index in [4.69, 9.17) is 25.8 Å². The zero-order valence-electron chi connectivity index (χ0n) is 19.9. The molecule has 0 saturated carbocycles. The number of aliphatic hydroxyl groups excluding tert-OH is 1. The third-order valence-corrected chi connectivity index (χ3v) is 5.99. The van der Waals surface area contributed by atoms with E-state index in [2.05, 4.69) is 6.92 Å². The van der Waals surface area contributed by atoms with E-state index in [1.165, 1.54) is 31.3 Å². The van der Waals surface area contributed by atoms with Gasteiger partial charge in [0.15, 0.2) is 0 Å². The van der Waals surface area contributed by atoms with Gasteiger partial charge in [-0.05, 0) is 36.6 Å². The van der Waals surface area contributed by atoms with Gasteiger partial charge in [-0.3, -0.25) is 9.59 Å². The van der Waals surface area contributed by atoms with Crippen LogP contribution >= 0.6 is 11.6 Å². The van der Waals surface area contributed by atoms with Gasteiger partial charge >= 0.3 is 0 Å². The molecular weight excluding hydrogens is 458 g/mol. The summed E-state index contributed by atoms with van der Waals surface area (Å²) < 4.78 is 16.4. The third-order valence-electron chi connectivity index (χ3n) is 5.70. The number of nitrogens with zero attached hydrogens (tertiary/aromatic N) is 1. The van der Waals surface area contributed by atoms with Crippen molar-refractivity contribution in [3.05, 3.63) is 58.1 Å². The molecule has 2 aromatic carbocycles. The van der Waals surface area contributed by atoms with Crippen molar-refractivity contribution in [2.45, 2.75) is 39.2 Å². The SMILES string of the molecule is CCCCOc1ccc(C2/C(=C(\O)c3cc(OC)c(Cl)cc3OC)C(=O)C(=O)N2CCC)cc1. The minimum absolute atomic E-state index is 0.0132. The summed E-state index contributed by atoms with van der Waals surface area (Å²) in [6, 6.07) is 9.48. The summed E-state index contributed by atoms with van der Waals surface area (Å²) >= 11 is 6.20. The van der Waals surface area contributed by atoms with Crippen LogP contribution in [0.25, 0.3) is 5.76 Å². The molecule has 1 unspecified atom stereocenters. The molecule has 2 aromatic rings. The second-order valence-corrected chi connectivity index (χ2v) is 8.36. The summed E-state index contributed by atoms with van der Waals surface area (Å²) in [5.41, 5.74) is 0.889. The van der Waals surface area contributed by atoms with Crippen LogP contribution in [-0.4, -0.2) is 49.1 Å². The molecule has 1 heterocycles. The fraction of sp³-hybridized carbons (Fsp3) is 0.385. The molecule has 34 heavy (non-hydrogen) atoms. The standard InChI is InChI=1S/C26H30ClNO6/c1-5-7-13-34-17-10-8-16(9-11-17)23-22(25(30)26(31)28(23)12-6-2)24(29)18-14-21(33-4)19(27)15-20(18)32-3/h8-11,14-15,23,29H,5-7,12-13H2,1-4H3/b24-22+. The van der Waals surface area contributed by atoms with E-state index in [1.807, 2.05) is 31.2 Å². The van der Waals surface area contributed by atoms with Crippen LogP contribution in [0.5, 0.6) is 17.2 Å². The lowest BCUT2D eigenvalue weighted by molar-refractivity contribution is -0.139. The number of Topliss-reactive ketones (excluding diaryl/α,β-unsaturated/α-hetero) is 1. The number of unbranched alkanes of at least 4 members (excludes halogenated alkanes) is 1. The molecule has 0 bridgehead atoms. The summed E-state index contributed by atoms with van der Waals surface area (Å²) in [5, 5.41) is 11.6. The van der Waals surface area contributed by atoms with Gasteiger partial charge in [0.05, 0.1) is 43.0 Å². The van der Waals surface area contributed by atoms with Crippen LogP contribution in [0.1, 0.15) is 50.3 Å². The largest absolute Gasteiger partial charge is 0.507 e. The maximum atomic E-state index is 13.1. The first-order valence-corrected chi connectivity index (χ1v) is 11.7. The number of methoxy groups -OCH3 is 2. The molecule has 1 N–H and O–H groups in total. The highest BCUT2D eigenvalue weighted by Gasteiger charge is 2.46. The fourth-order valence-electron chi connectivity index (χ4n) is 3.97. The number of ether oxygens (including phenoxy) is 3. The predicted octanol–water partition coefficient (Wildman–Crippen LogP) is 5.37. The number of benzene rings is 2. The minimum atomic E-state index is -0.754. The topological polar surface area (TPSA) is 85.3 Å². The summed E-state index contributed by atoms with van der Waals surface area (Å²) in [7, 11) is 2.88. The number of hydrogen-bond acceptors (Lipinski definition) is 6. The Morgan fingerprint density at radius 2 is 1.71 bits per heavy atom. The van der Waals surface area contributed by atoms with Crippen molar-refractivity contribution in [2.24, 2.45) is 0 Å². The molecule has 182 valence electrons. The molecule has 0 radical (unpaired) electrons. The zero-order chi connectivity index (χ0) is 24.8. The van der Waals surface area contributed by atoms with Crippen molar-refractivity contribution in [3.63, 3.8) is 0 Å². The van der Waals surface area contributed by atoms with Gasteiger partial charge in [-0.1, -0.05) is 44.0 Å². The number of likely N-dealkylation sites (tertiary alicyclic amines) is 1. The molecule has 8 heteroatoms. The quantitative estimate of drug-likeness (QED) is 0.210. The van der Waals surface area contributed by atoms with E-state index >= 15 is 0 Å². The van der Waals surface area contributed by atoms with Gasteiger partial charge in [0.2, 0.25) is 0 Å². The maximum Gasteiger partial charge on any atom is 0.295 e. The lowest BCUT2D eigenvalue weighted by Crippen LogP contribution is -2.30. The Kier molecular flexibility index (Phi) is 8.45. The van der Waals surface area contributed by atoms with Crippen molar-refractivity contribution in [3.8, 4) is 17.2 Å². The van der Waals surface area contributed by atoms with Crippen molar-refractivity contribution in [1.29, 1.82) is 0 Å². The number of halogens is 1. The van der Waals surface area contributed by atoms with E-state index in [-0.39, 0.29) is 27.7 Å². The monoisotopic (exact) mass is 487 g/mol. The number of rotatable bonds is 10. The van der Waals surface area contributed by atoms with Gasteiger partial charge < -0.3 is 24.2 Å². The molecule has 1 amide bonds. The fourth-order valence-corrected chi connectivity index (χ4v) is 4.20. The molecule has 1 aliphatic rings. The minimum Gasteiger partial charge on any atom is -0.507 e. The first-order valence-electron chi connectivity index (χ1n) is 11.3. The molecule has 0 spiro atoms. The van der Waals surface area contributed by atoms with Crippen LogP contribution in [-0.2, 0) is 9.59 Å². The van der Waals surface area contributed by atoms with Crippen molar-refractivity contribution >= 4 is 29.1 Å². The summed E-state index contributed by atoms with van der Waals surface area (Å²) in [4.78, 5) is 27.5. The van der Waals surface area contributed by atoms with Crippen molar-refractivity contribution in [1.82, 2.24) is 4.90 Å². The highest BCUT2D eigenvalue weighted by atomic mass is 35.5. The molecule has 1 saturated heterocycles. The highest BCUT2D eigenvalue weighted by Crippen LogP contribution is 2.43. The molecule has 7 nitrogen and oxygen atoms in total. The average molecular weight is 488 g/mol. The van der Waals surface area contributed by atoms with Crippen LogP contribution in [0.15, 0.2) is 42.0 Å². The number of aliphatic hydroxyl groups is 1. The first kappa shape index (κ1) is 25.4. The predicted molar refractivity (Wildman–Crippen MR) is 131 cm³/mol. The lowest BCUT2D eigenvalue weighted by atomic mass is 9.94. The highest BCUT2D eigenvalue weighted by molar-refractivity contribution is 6.46. The summed E-state index contributed by atoms with van der Waals surface area (Å²) in [6.07, 6.45) is 2.63. The number of amides is 1. The van der Waals surface area contributed by atoms with E-state index in [9.17, 15) is 14.7 Å². The Labute approximate surface area is 204 Å². The van der Waals surface area contributed by atoms with Crippen LogP contribution in [0, 0.1) is 0 Å². The van der Waals surface area contributed by atoms with Crippen molar-refractivity contribution < 1.29 is 28.9 Å². The smallest absolute Gasteiger partial charge is 0.295 e. The Morgan fingerprint density at radius 1 is 1.03 bits per heavy atom. The van der Waals surface area contributed by atoms with E-state index in [0.717, 1.165) is 12.8 Å². The molecule has 1 fully saturated rings. The molecule has 1 aliphatic heterocycles. The maximum absolute atomic E-state index is 13.1. The molecular formula is C26H30ClNO6. The van der Waals surface area contributed by atoms with E-state index < -0.39 is 17.7 Å². The third kappa shape index (κ3) is 4.99. The number of hydrogen-bond donors (Lipinski definition) is 1.